The fraction of sp³-hybridized carbons (Fsp3) is 0.536. The Bertz CT molecular complexity index is 1080. The van der Waals surface area contributed by atoms with E-state index in [1.807, 2.05) is 13.8 Å². The van der Waals surface area contributed by atoms with Gasteiger partial charge < -0.3 is 19.6 Å². The molecular formula is C28H35ClN2O5S. The van der Waals surface area contributed by atoms with Crippen molar-refractivity contribution in [3.8, 4) is 0 Å². The molecule has 1 spiro atoms. The Hall–Kier alpha value is -2.29. The zero-order valence-electron chi connectivity index (χ0n) is 21.3. The van der Waals surface area contributed by atoms with Crippen molar-refractivity contribution in [2.45, 2.75) is 55.2 Å². The normalized spacial score (nSPS) is 28.8. The van der Waals surface area contributed by atoms with Gasteiger partial charge in [-0.1, -0.05) is 56.3 Å². The number of thioether (sulfide) groups is 1. The van der Waals surface area contributed by atoms with E-state index in [1.54, 1.807) is 51.9 Å². The highest BCUT2D eigenvalue weighted by Crippen LogP contribution is 2.67. The first-order chi connectivity index (χ1) is 17.7. The molecule has 1 N–H and O–H groups in total. The van der Waals surface area contributed by atoms with Gasteiger partial charge in [-0.3, -0.25) is 14.4 Å². The predicted octanol–water partition coefficient (Wildman–Crippen LogP) is 4.09. The van der Waals surface area contributed by atoms with Crippen molar-refractivity contribution in [3.05, 3.63) is 54.6 Å². The number of anilines is 1. The number of carbonyl (C=O) groups excluding carboxylic acids is 3. The third kappa shape index (κ3) is 4.72. The molecule has 3 aliphatic rings. The molecule has 3 fully saturated rings. The van der Waals surface area contributed by atoms with Crippen LogP contribution in [0.4, 0.5) is 5.69 Å². The molecule has 2 unspecified atom stereocenters. The first kappa shape index (κ1) is 27.7. The van der Waals surface area contributed by atoms with Crippen LogP contribution in [0.2, 0.25) is 5.02 Å². The van der Waals surface area contributed by atoms with Crippen LogP contribution in [0.1, 0.15) is 33.1 Å². The molecule has 2 amide bonds. The Morgan fingerprint density at radius 3 is 2.68 bits per heavy atom. The summed E-state index contributed by atoms with van der Waals surface area (Å²) in [7, 11) is 0. The van der Waals surface area contributed by atoms with Crippen molar-refractivity contribution in [2.75, 3.05) is 24.7 Å². The van der Waals surface area contributed by atoms with Crippen molar-refractivity contribution < 1.29 is 24.2 Å². The second-order valence-corrected chi connectivity index (χ2v) is 12.4. The number of carbonyl (C=O) groups is 3. The van der Waals surface area contributed by atoms with E-state index in [0.29, 0.717) is 30.0 Å². The van der Waals surface area contributed by atoms with Crippen LogP contribution in [-0.4, -0.2) is 69.6 Å². The van der Waals surface area contributed by atoms with E-state index in [-0.39, 0.29) is 42.7 Å². The van der Waals surface area contributed by atoms with Crippen molar-refractivity contribution in [2.24, 2.45) is 17.8 Å². The molecule has 37 heavy (non-hydrogen) atoms. The summed E-state index contributed by atoms with van der Waals surface area (Å²) in [4.78, 5) is 45.0. The molecule has 0 aromatic heterocycles. The minimum atomic E-state index is -0.857. The average Bonchev–Trinajstić information content (AvgIpc) is 3.52. The first-order valence-corrected chi connectivity index (χ1v) is 14.0. The minimum Gasteiger partial charge on any atom is -0.461 e. The van der Waals surface area contributed by atoms with E-state index in [1.165, 1.54) is 6.08 Å². The van der Waals surface area contributed by atoms with Gasteiger partial charge in [0, 0.05) is 11.8 Å². The lowest BCUT2D eigenvalue weighted by atomic mass is 9.71. The van der Waals surface area contributed by atoms with Crippen molar-refractivity contribution in [1.82, 2.24) is 4.90 Å². The van der Waals surface area contributed by atoms with E-state index in [4.69, 9.17) is 16.3 Å². The molecule has 3 saturated heterocycles. The summed E-state index contributed by atoms with van der Waals surface area (Å²) in [5.41, 5.74) is 0.533. The highest BCUT2D eigenvalue weighted by molar-refractivity contribution is 8.02. The standard InChI is InChI=1S/C28H35ClN2O5S/c1-5-13-30(20-10-8-7-9-19(20)29)26(34)24-28-12-11-21(37-28)22(27(35)36-14-6-2)23(28)25(33)31(24)18(16-32)15-17(3)4/h5-10,17-18,21-24,32H,1-2,11-16H2,3-4H3/t18-,21-,22+,23+,24?,28?/m1/s1. The van der Waals surface area contributed by atoms with Crippen LogP contribution < -0.4 is 4.90 Å². The van der Waals surface area contributed by atoms with Crippen LogP contribution in [0.25, 0.3) is 0 Å². The highest BCUT2D eigenvalue weighted by Gasteiger charge is 2.74. The van der Waals surface area contributed by atoms with Gasteiger partial charge in [-0.2, -0.15) is 0 Å². The van der Waals surface area contributed by atoms with E-state index < -0.39 is 34.6 Å². The van der Waals surface area contributed by atoms with E-state index in [2.05, 4.69) is 13.2 Å². The zero-order chi connectivity index (χ0) is 26.9. The minimum absolute atomic E-state index is 0.0684. The summed E-state index contributed by atoms with van der Waals surface area (Å²) in [5, 5.41) is 10.7. The summed E-state index contributed by atoms with van der Waals surface area (Å²) in [6.07, 6.45) is 5.00. The number of amides is 2. The Kier molecular flexibility index (Phi) is 8.41. The Morgan fingerprint density at radius 2 is 2.05 bits per heavy atom. The molecule has 0 aliphatic carbocycles. The Morgan fingerprint density at radius 1 is 1.32 bits per heavy atom. The van der Waals surface area contributed by atoms with Crippen LogP contribution in [0.5, 0.6) is 0 Å². The second kappa shape index (κ2) is 11.2. The number of aliphatic hydroxyl groups is 1. The maximum absolute atomic E-state index is 14.5. The van der Waals surface area contributed by atoms with E-state index >= 15 is 0 Å². The number of rotatable bonds is 11. The van der Waals surface area contributed by atoms with Crippen molar-refractivity contribution >= 4 is 46.8 Å². The average molecular weight is 547 g/mol. The maximum atomic E-state index is 14.5. The van der Waals surface area contributed by atoms with E-state index in [0.717, 1.165) is 0 Å². The molecule has 0 radical (unpaired) electrons. The Labute approximate surface area is 227 Å². The molecule has 1 aromatic carbocycles. The smallest absolute Gasteiger partial charge is 0.311 e. The van der Waals surface area contributed by atoms with Gasteiger partial charge in [-0.15, -0.1) is 18.3 Å². The number of benzene rings is 1. The number of ether oxygens (including phenoxy) is 1. The number of aliphatic hydroxyl groups excluding tert-OH is 1. The third-order valence-electron chi connectivity index (χ3n) is 7.66. The van der Waals surface area contributed by atoms with Crippen LogP contribution in [-0.2, 0) is 19.1 Å². The monoisotopic (exact) mass is 546 g/mol. The number of hydrogen-bond donors (Lipinski definition) is 1. The zero-order valence-corrected chi connectivity index (χ0v) is 22.9. The SMILES string of the molecule is C=CCOC(=O)[C@@H]1[C@H]2C(=O)N([C@@H](CO)CC(C)C)C(C(=O)N(CC=C)c3ccccc3Cl)C23CC[C@H]1S3. The lowest BCUT2D eigenvalue weighted by Crippen LogP contribution is -2.58. The molecule has 4 rings (SSSR count). The molecular weight excluding hydrogens is 512 g/mol. The fourth-order valence-corrected chi connectivity index (χ4v) is 8.77. The van der Waals surface area contributed by atoms with Gasteiger partial charge in [0.1, 0.15) is 12.6 Å². The van der Waals surface area contributed by atoms with Gasteiger partial charge >= 0.3 is 5.97 Å². The van der Waals surface area contributed by atoms with Crippen LogP contribution in [0, 0.1) is 17.8 Å². The molecule has 3 heterocycles. The maximum Gasteiger partial charge on any atom is 0.311 e. The van der Waals surface area contributed by atoms with Gasteiger partial charge in [0.15, 0.2) is 0 Å². The fourth-order valence-electron chi connectivity index (χ4n) is 6.34. The number of nitrogens with zero attached hydrogens (tertiary/aromatic N) is 2. The van der Waals surface area contributed by atoms with Gasteiger partial charge in [-0.05, 0) is 37.3 Å². The number of likely N-dealkylation sites (tertiary alicyclic amines) is 1. The molecule has 2 bridgehead atoms. The number of fused-ring (bicyclic) bond motifs is 1. The van der Waals surface area contributed by atoms with Gasteiger partial charge in [-0.25, -0.2) is 0 Å². The quantitative estimate of drug-likeness (QED) is 0.332. The van der Waals surface area contributed by atoms with Gasteiger partial charge in [0.2, 0.25) is 5.91 Å². The molecule has 200 valence electrons. The summed E-state index contributed by atoms with van der Waals surface area (Å²) >= 11 is 8.08. The lowest BCUT2D eigenvalue weighted by molar-refractivity contribution is -0.153. The van der Waals surface area contributed by atoms with E-state index in [9.17, 15) is 19.5 Å². The van der Waals surface area contributed by atoms with Crippen LogP contribution >= 0.6 is 23.4 Å². The highest BCUT2D eigenvalue weighted by atomic mass is 35.5. The first-order valence-electron chi connectivity index (χ1n) is 12.8. The predicted molar refractivity (Wildman–Crippen MR) is 146 cm³/mol. The molecule has 9 heteroatoms. The van der Waals surface area contributed by atoms with Crippen LogP contribution in [0.3, 0.4) is 0 Å². The summed E-state index contributed by atoms with van der Waals surface area (Å²) in [5.74, 6) is -2.11. The van der Waals surface area contributed by atoms with Gasteiger partial charge in [0.25, 0.3) is 5.91 Å². The second-order valence-electron chi connectivity index (χ2n) is 10.4. The third-order valence-corrected chi connectivity index (χ3v) is 9.93. The number of halogens is 1. The van der Waals surface area contributed by atoms with Crippen molar-refractivity contribution in [3.63, 3.8) is 0 Å². The topological polar surface area (TPSA) is 87.1 Å². The van der Waals surface area contributed by atoms with Gasteiger partial charge in [0.05, 0.1) is 39.9 Å². The number of para-hydroxylation sites is 1. The molecule has 1 aromatic rings. The largest absolute Gasteiger partial charge is 0.461 e. The van der Waals surface area contributed by atoms with Crippen LogP contribution in [0.15, 0.2) is 49.6 Å². The number of esters is 1. The lowest BCUT2D eigenvalue weighted by Gasteiger charge is -2.40. The summed E-state index contributed by atoms with van der Waals surface area (Å²) in [6, 6.07) is 5.68. The molecule has 0 saturated carbocycles. The Balaban J connectivity index is 1.82. The molecule has 6 atom stereocenters. The number of hydrogen-bond acceptors (Lipinski definition) is 6. The summed E-state index contributed by atoms with van der Waals surface area (Å²) in [6.45, 7) is 11.5. The molecule has 7 nitrogen and oxygen atoms in total. The molecule has 3 aliphatic heterocycles. The summed E-state index contributed by atoms with van der Waals surface area (Å²) < 4.78 is 4.63. The van der Waals surface area contributed by atoms with Crippen molar-refractivity contribution in [1.29, 1.82) is 0 Å².